The van der Waals surface area contributed by atoms with E-state index in [1.165, 1.54) is 6.20 Å². The Balaban J connectivity index is 1.83. The molecule has 0 radical (unpaired) electrons. The monoisotopic (exact) mass is 252 g/mol. The molecule has 0 amide bonds. The van der Waals surface area contributed by atoms with Gasteiger partial charge in [-0.3, -0.25) is 0 Å². The summed E-state index contributed by atoms with van der Waals surface area (Å²) >= 11 is 0. The lowest BCUT2D eigenvalue weighted by Crippen LogP contribution is -2.08. The summed E-state index contributed by atoms with van der Waals surface area (Å²) in [6.07, 6.45) is 4.76. The summed E-state index contributed by atoms with van der Waals surface area (Å²) in [4.78, 5) is 8.13. The van der Waals surface area contributed by atoms with Crippen LogP contribution in [0.4, 0.5) is 5.82 Å². The molecule has 5 nitrogen and oxygen atoms in total. The van der Waals surface area contributed by atoms with Crippen molar-refractivity contribution in [2.75, 3.05) is 5.32 Å². The van der Waals surface area contributed by atoms with Crippen LogP contribution in [-0.2, 0) is 6.42 Å². The number of benzene rings is 1. The Bertz CT molecular complexity index is 645. The fourth-order valence-corrected chi connectivity index (χ4v) is 2.42. The lowest BCUT2D eigenvalue weighted by atomic mass is 10.1. The van der Waals surface area contributed by atoms with Crippen LogP contribution in [0.5, 0.6) is 5.75 Å². The maximum absolute atomic E-state index is 9.79. The Hall–Kier alpha value is -2.61. The first-order valence-corrected chi connectivity index (χ1v) is 6.07. The quantitative estimate of drug-likeness (QED) is 0.855. The summed E-state index contributed by atoms with van der Waals surface area (Å²) < 4.78 is 0. The van der Waals surface area contributed by atoms with Crippen LogP contribution in [-0.4, -0.2) is 15.1 Å². The van der Waals surface area contributed by atoms with E-state index in [4.69, 9.17) is 5.26 Å². The molecule has 2 aromatic rings. The van der Waals surface area contributed by atoms with E-state index in [2.05, 4.69) is 15.3 Å². The molecule has 1 aliphatic carbocycles. The van der Waals surface area contributed by atoms with Crippen LogP contribution < -0.4 is 5.32 Å². The SMILES string of the molecule is N#Cc1cnc(NC2CCc3c(O)cccc32)cn1. The van der Waals surface area contributed by atoms with Gasteiger partial charge in [0.25, 0.3) is 0 Å². The molecule has 94 valence electrons. The van der Waals surface area contributed by atoms with E-state index in [9.17, 15) is 5.11 Å². The van der Waals surface area contributed by atoms with Crippen LogP contribution in [0.15, 0.2) is 30.6 Å². The minimum atomic E-state index is 0.129. The number of aromatic nitrogens is 2. The fraction of sp³-hybridized carbons (Fsp3) is 0.214. The Morgan fingerprint density at radius 2 is 2.21 bits per heavy atom. The van der Waals surface area contributed by atoms with Crippen molar-refractivity contribution in [2.45, 2.75) is 18.9 Å². The normalized spacial score (nSPS) is 16.7. The van der Waals surface area contributed by atoms with Crippen molar-refractivity contribution in [1.29, 1.82) is 5.26 Å². The van der Waals surface area contributed by atoms with Gasteiger partial charge in [-0.2, -0.15) is 5.26 Å². The number of hydrogen-bond donors (Lipinski definition) is 2. The van der Waals surface area contributed by atoms with Gasteiger partial charge in [0.15, 0.2) is 5.69 Å². The highest BCUT2D eigenvalue weighted by molar-refractivity contribution is 5.48. The average molecular weight is 252 g/mol. The number of rotatable bonds is 2. The molecule has 5 heteroatoms. The van der Waals surface area contributed by atoms with Crippen LogP contribution in [0.3, 0.4) is 0 Å². The topological polar surface area (TPSA) is 81.8 Å². The third kappa shape index (κ3) is 2.08. The third-order valence-electron chi connectivity index (χ3n) is 3.33. The molecular formula is C14H12N4O. The Morgan fingerprint density at radius 1 is 1.32 bits per heavy atom. The maximum Gasteiger partial charge on any atom is 0.158 e. The second-order valence-corrected chi connectivity index (χ2v) is 4.48. The van der Waals surface area contributed by atoms with E-state index in [0.29, 0.717) is 17.3 Å². The Morgan fingerprint density at radius 3 is 2.95 bits per heavy atom. The minimum Gasteiger partial charge on any atom is -0.508 e. The molecule has 0 aliphatic heterocycles. The van der Waals surface area contributed by atoms with Crippen molar-refractivity contribution >= 4 is 5.82 Å². The molecule has 0 saturated carbocycles. The number of phenolic OH excluding ortho intramolecular Hbond substituents is 1. The van der Waals surface area contributed by atoms with E-state index in [1.807, 2.05) is 18.2 Å². The first-order chi connectivity index (χ1) is 9.28. The van der Waals surface area contributed by atoms with Crippen LogP contribution >= 0.6 is 0 Å². The number of aromatic hydroxyl groups is 1. The summed E-state index contributed by atoms with van der Waals surface area (Å²) in [6.45, 7) is 0. The highest BCUT2D eigenvalue weighted by Gasteiger charge is 2.24. The molecule has 1 heterocycles. The van der Waals surface area contributed by atoms with Gasteiger partial charge in [0.1, 0.15) is 17.6 Å². The number of anilines is 1. The molecule has 0 bridgehead atoms. The number of fused-ring (bicyclic) bond motifs is 1. The van der Waals surface area contributed by atoms with Gasteiger partial charge < -0.3 is 10.4 Å². The first kappa shape index (κ1) is 11.5. The van der Waals surface area contributed by atoms with Crippen LogP contribution in [0, 0.1) is 11.3 Å². The maximum atomic E-state index is 9.79. The molecule has 1 atom stereocenters. The van der Waals surface area contributed by atoms with Crippen molar-refractivity contribution in [1.82, 2.24) is 9.97 Å². The van der Waals surface area contributed by atoms with Crippen LogP contribution in [0.25, 0.3) is 0 Å². The summed E-state index contributed by atoms with van der Waals surface area (Å²) in [5, 5.41) is 21.7. The molecule has 1 aliphatic rings. The van der Waals surface area contributed by atoms with Gasteiger partial charge in [-0.05, 0) is 30.0 Å². The lowest BCUT2D eigenvalue weighted by Gasteiger charge is -2.14. The lowest BCUT2D eigenvalue weighted by molar-refractivity contribution is 0.469. The predicted octanol–water partition coefficient (Wildman–Crippen LogP) is 2.15. The summed E-state index contributed by atoms with van der Waals surface area (Å²) in [5.74, 6) is 0.993. The highest BCUT2D eigenvalue weighted by atomic mass is 16.3. The third-order valence-corrected chi connectivity index (χ3v) is 3.33. The Kier molecular flexibility index (Phi) is 2.76. The predicted molar refractivity (Wildman–Crippen MR) is 69.5 cm³/mol. The number of hydrogen-bond acceptors (Lipinski definition) is 5. The van der Waals surface area contributed by atoms with Gasteiger partial charge in [-0.25, -0.2) is 9.97 Å². The average Bonchev–Trinajstić information content (AvgIpc) is 2.84. The molecule has 1 aromatic carbocycles. The van der Waals surface area contributed by atoms with E-state index in [0.717, 1.165) is 24.0 Å². The van der Waals surface area contributed by atoms with E-state index in [-0.39, 0.29) is 6.04 Å². The van der Waals surface area contributed by atoms with Gasteiger partial charge >= 0.3 is 0 Å². The van der Waals surface area contributed by atoms with Crippen molar-refractivity contribution in [3.05, 3.63) is 47.4 Å². The minimum absolute atomic E-state index is 0.129. The number of nitrogens with one attached hydrogen (secondary N) is 1. The number of nitrogens with zero attached hydrogens (tertiary/aromatic N) is 3. The standard InChI is InChI=1S/C14H12N4O/c15-6-9-7-17-14(8-16-9)18-12-5-4-11-10(12)2-1-3-13(11)19/h1-3,7-8,12,19H,4-5H2,(H,17,18). The van der Waals surface area contributed by atoms with Crippen molar-refractivity contribution in [3.63, 3.8) is 0 Å². The van der Waals surface area contributed by atoms with Crippen LogP contribution in [0.2, 0.25) is 0 Å². The zero-order valence-electron chi connectivity index (χ0n) is 10.2. The second-order valence-electron chi connectivity index (χ2n) is 4.48. The second kappa shape index (κ2) is 4.58. The van der Waals surface area contributed by atoms with Crippen LogP contribution in [0.1, 0.15) is 29.3 Å². The summed E-state index contributed by atoms with van der Waals surface area (Å²) in [7, 11) is 0. The van der Waals surface area contributed by atoms with Gasteiger partial charge in [-0.1, -0.05) is 12.1 Å². The molecular weight excluding hydrogens is 240 g/mol. The van der Waals surface area contributed by atoms with E-state index >= 15 is 0 Å². The van der Waals surface area contributed by atoms with E-state index in [1.54, 1.807) is 12.3 Å². The zero-order chi connectivity index (χ0) is 13.2. The molecule has 0 saturated heterocycles. The number of phenols is 1. The number of nitriles is 1. The summed E-state index contributed by atoms with van der Waals surface area (Å²) in [5.41, 5.74) is 2.41. The molecule has 3 rings (SSSR count). The summed E-state index contributed by atoms with van der Waals surface area (Å²) in [6, 6.07) is 7.63. The molecule has 2 N–H and O–H groups in total. The molecule has 19 heavy (non-hydrogen) atoms. The van der Waals surface area contributed by atoms with Gasteiger partial charge in [0, 0.05) is 0 Å². The van der Waals surface area contributed by atoms with Gasteiger partial charge in [-0.15, -0.1) is 0 Å². The molecule has 1 unspecified atom stereocenters. The largest absolute Gasteiger partial charge is 0.508 e. The molecule has 0 spiro atoms. The van der Waals surface area contributed by atoms with Crippen molar-refractivity contribution in [3.8, 4) is 11.8 Å². The van der Waals surface area contributed by atoms with Crippen molar-refractivity contribution < 1.29 is 5.11 Å². The van der Waals surface area contributed by atoms with Gasteiger partial charge in [0.2, 0.25) is 0 Å². The zero-order valence-corrected chi connectivity index (χ0v) is 10.2. The smallest absolute Gasteiger partial charge is 0.158 e. The highest BCUT2D eigenvalue weighted by Crippen LogP contribution is 2.37. The van der Waals surface area contributed by atoms with E-state index < -0.39 is 0 Å². The Labute approximate surface area is 110 Å². The van der Waals surface area contributed by atoms with Gasteiger partial charge in [0.05, 0.1) is 18.4 Å². The first-order valence-electron chi connectivity index (χ1n) is 6.07. The fourth-order valence-electron chi connectivity index (χ4n) is 2.42. The molecule has 0 fully saturated rings. The van der Waals surface area contributed by atoms with Crippen molar-refractivity contribution in [2.24, 2.45) is 0 Å². The molecule has 1 aromatic heterocycles.